The van der Waals surface area contributed by atoms with Crippen molar-refractivity contribution in [2.45, 2.75) is 17.9 Å². The number of hydrogen-bond acceptors (Lipinski definition) is 7. The van der Waals surface area contributed by atoms with Gasteiger partial charge in [-0.05, 0) is 13.0 Å². The fourth-order valence-corrected chi connectivity index (χ4v) is 3.20. The number of morpholine rings is 1. The van der Waals surface area contributed by atoms with Crippen molar-refractivity contribution in [1.82, 2.24) is 10.2 Å². The van der Waals surface area contributed by atoms with Gasteiger partial charge < -0.3 is 10.1 Å². The lowest BCUT2D eigenvalue weighted by Gasteiger charge is -2.32. The van der Waals surface area contributed by atoms with Crippen molar-refractivity contribution in [1.29, 1.82) is 0 Å². The first kappa shape index (κ1) is 19.3. The van der Waals surface area contributed by atoms with Gasteiger partial charge in [0, 0.05) is 49.6 Å². The van der Waals surface area contributed by atoms with Crippen molar-refractivity contribution in [2.24, 2.45) is 0 Å². The lowest BCUT2D eigenvalue weighted by atomic mass is 10.2. The van der Waals surface area contributed by atoms with E-state index in [0.29, 0.717) is 19.8 Å². The van der Waals surface area contributed by atoms with E-state index in [1.165, 1.54) is 0 Å². The minimum atomic E-state index is -3.67. The highest BCUT2D eigenvalue weighted by Crippen LogP contribution is 2.21. The van der Waals surface area contributed by atoms with Crippen LogP contribution in [-0.2, 0) is 14.6 Å². The molecule has 0 saturated carbocycles. The third kappa shape index (κ3) is 5.21. The average Bonchev–Trinajstić information content (AvgIpc) is 2.58. The van der Waals surface area contributed by atoms with Crippen LogP contribution >= 0.6 is 0 Å². The van der Waals surface area contributed by atoms with Gasteiger partial charge in [-0.2, -0.15) is 0 Å². The summed E-state index contributed by atoms with van der Waals surface area (Å²) >= 11 is 0. The first-order chi connectivity index (χ1) is 11.7. The minimum Gasteiger partial charge on any atom is -0.379 e. The molecule has 9 nitrogen and oxygen atoms in total. The van der Waals surface area contributed by atoms with E-state index in [0.717, 1.165) is 37.5 Å². The molecule has 1 aliphatic rings. The number of sulfone groups is 1. The van der Waals surface area contributed by atoms with Gasteiger partial charge in [0.25, 0.3) is 11.6 Å². The molecule has 25 heavy (non-hydrogen) atoms. The molecule has 10 heteroatoms. The zero-order valence-electron chi connectivity index (χ0n) is 14.1. The highest BCUT2D eigenvalue weighted by molar-refractivity contribution is 7.90. The van der Waals surface area contributed by atoms with E-state index in [-0.39, 0.29) is 16.5 Å². The molecule has 0 bridgehead atoms. The maximum Gasteiger partial charge on any atom is 0.271 e. The standard InChI is InChI=1S/C15H21N3O6S/c1-11(17-3-5-24-6-4-17)10-16-15(19)12-7-13(18(20)21)9-14(8-12)25(2,22)23/h7-9,11H,3-6,10H2,1-2H3,(H,16,19). The molecule has 1 saturated heterocycles. The first-order valence-corrected chi connectivity index (χ1v) is 9.67. The largest absolute Gasteiger partial charge is 0.379 e. The van der Waals surface area contributed by atoms with Crippen LogP contribution in [-0.4, -0.2) is 69.3 Å². The Morgan fingerprint density at radius 3 is 2.56 bits per heavy atom. The summed E-state index contributed by atoms with van der Waals surface area (Å²) in [4.78, 5) is 24.5. The molecule has 1 aromatic rings. The number of nitrogens with zero attached hydrogens (tertiary/aromatic N) is 2. The molecule has 0 spiro atoms. The van der Waals surface area contributed by atoms with Crippen LogP contribution in [0.2, 0.25) is 0 Å². The van der Waals surface area contributed by atoms with Crippen molar-refractivity contribution >= 4 is 21.4 Å². The lowest BCUT2D eigenvalue weighted by molar-refractivity contribution is -0.385. The van der Waals surface area contributed by atoms with Crippen molar-refractivity contribution in [3.05, 3.63) is 33.9 Å². The molecule has 0 radical (unpaired) electrons. The van der Waals surface area contributed by atoms with Crippen molar-refractivity contribution in [3.63, 3.8) is 0 Å². The lowest BCUT2D eigenvalue weighted by Crippen LogP contribution is -2.47. The Balaban J connectivity index is 2.12. The molecule has 1 aliphatic heterocycles. The molecule has 1 unspecified atom stereocenters. The first-order valence-electron chi connectivity index (χ1n) is 7.78. The van der Waals surface area contributed by atoms with Crippen LogP contribution in [0.25, 0.3) is 0 Å². The summed E-state index contributed by atoms with van der Waals surface area (Å²) in [6, 6.07) is 3.24. The number of ether oxygens (including phenoxy) is 1. The number of nitro benzene ring substituents is 1. The van der Waals surface area contributed by atoms with Crippen LogP contribution in [0.1, 0.15) is 17.3 Å². The van der Waals surface area contributed by atoms with E-state index < -0.39 is 26.4 Å². The van der Waals surface area contributed by atoms with Crippen LogP contribution in [0.15, 0.2) is 23.1 Å². The second-order valence-electron chi connectivity index (χ2n) is 5.95. The predicted octanol–water partition coefficient (Wildman–Crippen LogP) is 0.449. The maximum absolute atomic E-state index is 12.3. The van der Waals surface area contributed by atoms with Crippen LogP contribution in [0.4, 0.5) is 5.69 Å². The second kappa shape index (κ2) is 7.89. The van der Waals surface area contributed by atoms with Gasteiger partial charge in [0.05, 0.1) is 23.0 Å². The van der Waals surface area contributed by atoms with Crippen LogP contribution < -0.4 is 5.32 Å². The highest BCUT2D eigenvalue weighted by Gasteiger charge is 2.21. The van der Waals surface area contributed by atoms with E-state index in [2.05, 4.69) is 10.2 Å². The van der Waals surface area contributed by atoms with Gasteiger partial charge in [0.2, 0.25) is 0 Å². The highest BCUT2D eigenvalue weighted by atomic mass is 32.2. The number of benzene rings is 1. The number of amides is 1. The van der Waals surface area contributed by atoms with Gasteiger partial charge in [-0.15, -0.1) is 0 Å². The summed E-state index contributed by atoms with van der Waals surface area (Å²) in [6.07, 6.45) is 0.939. The zero-order chi connectivity index (χ0) is 18.6. The van der Waals surface area contributed by atoms with Crippen LogP contribution in [0, 0.1) is 10.1 Å². The SMILES string of the molecule is CC(CNC(=O)c1cc([N+](=O)[O-])cc(S(C)(=O)=O)c1)N1CCOCC1. The quantitative estimate of drug-likeness (QED) is 0.569. The molecule has 1 heterocycles. The second-order valence-corrected chi connectivity index (χ2v) is 7.97. The van der Waals surface area contributed by atoms with E-state index in [9.17, 15) is 23.3 Å². The zero-order valence-corrected chi connectivity index (χ0v) is 14.9. The van der Waals surface area contributed by atoms with E-state index in [4.69, 9.17) is 4.74 Å². The summed E-state index contributed by atoms with van der Waals surface area (Å²) < 4.78 is 28.6. The van der Waals surface area contributed by atoms with Crippen LogP contribution in [0.3, 0.4) is 0 Å². The van der Waals surface area contributed by atoms with Gasteiger partial charge >= 0.3 is 0 Å². The number of rotatable bonds is 6. The van der Waals surface area contributed by atoms with E-state index >= 15 is 0 Å². The van der Waals surface area contributed by atoms with E-state index in [1.54, 1.807) is 0 Å². The Morgan fingerprint density at radius 1 is 1.36 bits per heavy atom. The number of carbonyl (C=O) groups is 1. The smallest absolute Gasteiger partial charge is 0.271 e. The molecule has 1 aromatic carbocycles. The molecule has 0 aliphatic carbocycles. The molecule has 1 N–H and O–H groups in total. The molecule has 2 rings (SSSR count). The van der Waals surface area contributed by atoms with E-state index in [1.807, 2.05) is 6.92 Å². The predicted molar refractivity (Wildman–Crippen MR) is 90.4 cm³/mol. The summed E-state index contributed by atoms with van der Waals surface area (Å²) in [5.41, 5.74) is -0.488. The normalized spacial score (nSPS) is 17.0. The molecule has 138 valence electrons. The van der Waals surface area contributed by atoms with Gasteiger partial charge in [-0.25, -0.2) is 8.42 Å². The third-order valence-corrected chi connectivity index (χ3v) is 5.11. The molecule has 1 atom stereocenters. The fraction of sp³-hybridized carbons (Fsp3) is 0.533. The number of non-ortho nitro benzene ring substituents is 1. The fourth-order valence-electron chi connectivity index (χ4n) is 2.52. The van der Waals surface area contributed by atoms with Crippen molar-refractivity contribution < 1.29 is 22.9 Å². The number of nitro groups is 1. The van der Waals surface area contributed by atoms with Gasteiger partial charge in [-0.3, -0.25) is 19.8 Å². The Hall–Kier alpha value is -2.04. The Bertz CT molecular complexity index is 759. The number of nitrogens with one attached hydrogen (secondary N) is 1. The van der Waals surface area contributed by atoms with Crippen molar-refractivity contribution in [2.75, 3.05) is 39.1 Å². The molecule has 1 amide bonds. The monoisotopic (exact) mass is 371 g/mol. The summed E-state index contributed by atoms with van der Waals surface area (Å²) in [5.74, 6) is -0.547. The molecule has 1 fully saturated rings. The maximum atomic E-state index is 12.3. The molecular formula is C15H21N3O6S. The van der Waals surface area contributed by atoms with Gasteiger partial charge in [-0.1, -0.05) is 0 Å². The number of hydrogen-bond donors (Lipinski definition) is 1. The summed E-state index contributed by atoms with van der Waals surface area (Å²) in [5, 5.41) is 13.7. The summed E-state index contributed by atoms with van der Waals surface area (Å²) in [6.45, 7) is 5.12. The van der Waals surface area contributed by atoms with Crippen molar-refractivity contribution in [3.8, 4) is 0 Å². The Kier molecular flexibility index (Phi) is 6.09. The van der Waals surface area contributed by atoms with Gasteiger partial charge in [0.1, 0.15) is 0 Å². The third-order valence-electron chi connectivity index (χ3n) is 4.02. The number of carbonyl (C=O) groups excluding carboxylic acids is 1. The summed E-state index contributed by atoms with van der Waals surface area (Å²) in [7, 11) is -3.67. The van der Waals surface area contributed by atoms with Gasteiger partial charge in [0.15, 0.2) is 9.84 Å². The molecular weight excluding hydrogens is 350 g/mol. The topological polar surface area (TPSA) is 119 Å². The Morgan fingerprint density at radius 2 is 2.00 bits per heavy atom. The molecule has 0 aromatic heterocycles. The minimum absolute atomic E-state index is 0.0520. The van der Waals surface area contributed by atoms with Crippen LogP contribution in [0.5, 0.6) is 0 Å². The average molecular weight is 371 g/mol. The Labute approximate surface area is 146 Å².